The molecule has 0 spiro atoms. The van der Waals surface area contributed by atoms with E-state index < -0.39 is 0 Å². The second-order valence-electron chi connectivity index (χ2n) is 3.99. The van der Waals surface area contributed by atoms with Crippen LogP contribution in [0.4, 0.5) is 11.4 Å². The normalized spacial score (nSPS) is 13.1. The first kappa shape index (κ1) is 16.0. The van der Waals surface area contributed by atoms with E-state index in [1.165, 1.54) is 5.69 Å². The predicted octanol–water partition coefficient (Wildman–Crippen LogP) is 2.18. The van der Waals surface area contributed by atoms with Gasteiger partial charge in [-0.25, -0.2) is 0 Å². The summed E-state index contributed by atoms with van der Waals surface area (Å²) in [5, 5.41) is 0. The minimum Gasteiger partial charge on any atom is -0.399 e. The third kappa shape index (κ3) is 3.76. The van der Waals surface area contributed by atoms with Gasteiger partial charge in [-0.2, -0.15) is 12.1 Å². The van der Waals surface area contributed by atoms with Crippen molar-refractivity contribution in [2.75, 3.05) is 37.6 Å². The number of nitrogens with zero attached hydrogens (tertiary/aromatic N) is 3. The first-order valence-corrected chi connectivity index (χ1v) is 5.01. The average molecular weight is 410 g/mol. The molecule has 2 rings (SSSR count). The molecule has 0 fully saturated rings. The maximum absolute atomic E-state index is 3.25. The molecule has 1 heterocycles. The zero-order chi connectivity index (χ0) is 10.8. The average Bonchev–Trinajstić information content (AvgIpc) is 2.65. The Morgan fingerprint density at radius 3 is 2.53 bits per heavy atom. The zero-order valence-electron chi connectivity index (χ0n) is 10.8. The fourth-order valence-corrected chi connectivity index (χ4v) is 1.57. The molecule has 0 saturated carbocycles. The summed E-state index contributed by atoms with van der Waals surface area (Å²) in [7, 11) is 6.16. The SMILES string of the molecule is CN1C=CN(c2[c-]ccc(N(C)C)c2)C1.[CH3-].[Ir]. The Balaban J connectivity index is 0.00000128. The van der Waals surface area contributed by atoms with Crippen LogP contribution in [0.3, 0.4) is 0 Å². The second-order valence-corrected chi connectivity index (χ2v) is 3.99. The van der Waals surface area contributed by atoms with Crippen LogP contribution in [0.5, 0.6) is 0 Å². The van der Waals surface area contributed by atoms with Crippen molar-refractivity contribution in [1.82, 2.24) is 4.90 Å². The molecule has 97 valence electrons. The molecule has 1 aliphatic heterocycles. The Bertz CT molecular complexity index is 377. The van der Waals surface area contributed by atoms with Gasteiger partial charge in [0.1, 0.15) is 0 Å². The Kier molecular flexibility index (Phi) is 6.28. The Morgan fingerprint density at radius 2 is 2.00 bits per heavy atom. The number of rotatable bonds is 2. The van der Waals surface area contributed by atoms with E-state index in [0.717, 1.165) is 12.4 Å². The summed E-state index contributed by atoms with van der Waals surface area (Å²) in [5.41, 5.74) is 2.31. The fourth-order valence-electron chi connectivity index (χ4n) is 1.57. The molecule has 1 radical (unpaired) electrons. The van der Waals surface area contributed by atoms with E-state index in [4.69, 9.17) is 0 Å². The topological polar surface area (TPSA) is 9.72 Å². The molecule has 0 aromatic heterocycles. The predicted molar refractivity (Wildman–Crippen MR) is 70.3 cm³/mol. The van der Waals surface area contributed by atoms with Crippen molar-refractivity contribution in [2.45, 2.75) is 0 Å². The molecular formula is C13H19IrN3-2. The molecule has 17 heavy (non-hydrogen) atoms. The van der Waals surface area contributed by atoms with Crippen LogP contribution in [0, 0.1) is 13.5 Å². The number of hydrogen-bond acceptors (Lipinski definition) is 3. The summed E-state index contributed by atoms with van der Waals surface area (Å²) >= 11 is 0. The van der Waals surface area contributed by atoms with Crippen LogP contribution >= 0.6 is 0 Å². The summed E-state index contributed by atoms with van der Waals surface area (Å²) in [6.45, 7) is 0.896. The summed E-state index contributed by atoms with van der Waals surface area (Å²) in [4.78, 5) is 6.41. The maximum Gasteiger partial charge on any atom is 0.0916 e. The van der Waals surface area contributed by atoms with Crippen LogP contribution in [0.25, 0.3) is 0 Å². The number of benzene rings is 1. The smallest absolute Gasteiger partial charge is 0.0916 e. The van der Waals surface area contributed by atoms with E-state index >= 15 is 0 Å². The van der Waals surface area contributed by atoms with Crippen molar-refractivity contribution >= 4 is 11.4 Å². The van der Waals surface area contributed by atoms with Gasteiger partial charge >= 0.3 is 0 Å². The van der Waals surface area contributed by atoms with Gasteiger partial charge in [-0.15, -0.1) is 12.1 Å². The summed E-state index contributed by atoms with van der Waals surface area (Å²) < 4.78 is 0. The molecule has 3 nitrogen and oxygen atoms in total. The Hall–Kier alpha value is -0.991. The van der Waals surface area contributed by atoms with Gasteiger partial charge in [0, 0.05) is 53.6 Å². The van der Waals surface area contributed by atoms with Crippen LogP contribution in [-0.2, 0) is 20.1 Å². The first-order chi connectivity index (χ1) is 7.16. The van der Waals surface area contributed by atoms with Crippen molar-refractivity contribution in [2.24, 2.45) is 0 Å². The minimum atomic E-state index is 0. The molecule has 1 aliphatic rings. The summed E-state index contributed by atoms with van der Waals surface area (Å²) in [6, 6.07) is 9.42. The number of hydrogen-bond donors (Lipinski definition) is 0. The third-order valence-corrected chi connectivity index (χ3v) is 2.47. The zero-order valence-corrected chi connectivity index (χ0v) is 13.2. The molecule has 0 amide bonds. The second kappa shape index (κ2) is 6.67. The Labute approximate surface area is 118 Å². The molecular weight excluding hydrogens is 390 g/mol. The molecule has 4 heteroatoms. The van der Waals surface area contributed by atoms with E-state index in [9.17, 15) is 0 Å². The van der Waals surface area contributed by atoms with Crippen LogP contribution in [0.1, 0.15) is 0 Å². The first-order valence-electron chi connectivity index (χ1n) is 5.01. The van der Waals surface area contributed by atoms with Crippen LogP contribution in [-0.4, -0.2) is 32.7 Å². The van der Waals surface area contributed by atoms with Gasteiger partial charge in [0.15, 0.2) is 0 Å². The molecule has 1 aromatic rings. The van der Waals surface area contributed by atoms with E-state index in [0.29, 0.717) is 0 Å². The van der Waals surface area contributed by atoms with Gasteiger partial charge < -0.3 is 22.1 Å². The van der Waals surface area contributed by atoms with Gasteiger partial charge in [-0.1, -0.05) is 11.4 Å². The van der Waals surface area contributed by atoms with Crippen molar-refractivity contribution in [3.05, 3.63) is 44.1 Å². The van der Waals surface area contributed by atoms with Gasteiger partial charge in [0.2, 0.25) is 0 Å². The van der Waals surface area contributed by atoms with E-state index in [1.54, 1.807) is 0 Å². The molecule has 0 unspecified atom stereocenters. The summed E-state index contributed by atoms with van der Waals surface area (Å²) in [5.74, 6) is 0. The van der Waals surface area contributed by atoms with E-state index in [1.807, 2.05) is 20.2 Å². The largest absolute Gasteiger partial charge is 0.399 e. The molecule has 0 N–H and O–H groups in total. The molecule has 1 aromatic carbocycles. The third-order valence-electron chi connectivity index (χ3n) is 2.47. The van der Waals surface area contributed by atoms with Crippen LogP contribution in [0.15, 0.2) is 30.6 Å². The molecule has 0 atom stereocenters. The van der Waals surface area contributed by atoms with Crippen LogP contribution in [0.2, 0.25) is 0 Å². The number of anilines is 2. The maximum atomic E-state index is 3.25. The van der Waals surface area contributed by atoms with E-state index in [2.05, 4.69) is 52.3 Å². The molecule has 0 bridgehead atoms. The quantitative estimate of drug-likeness (QED) is 0.694. The van der Waals surface area contributed by atoms with Crippen molar-refractivity contribution in [3.63, 3.8) is 0 Å². The monoisotopic (exact) mass is 410 g/mol. The van der Waals surface area contributed by atoms with Crippen LogP contribution < -0.4 is 9.80 Å². The van der Waals surface area contributed by atoms with Crippen molar-refractivity contribution < 1.29 is 20.1 Å². The van der Waals surface area contributed by atoms with Gasteiger partial charge in [-0.3, -0.25) is 0 Å². The van der Waals surface area contributed by atoms with Crippen molar-refractivity contribution in [1.29, 1.82) is 0 Å². The Morgan fingerprint density at radius 1 is 1.29 bits per heavy atom. The van der Waals surface area contributed by atoms with Gasteiger partial charge in [-0.05, 0) is 0 Å². The fraction of sp³-hybridized carbons (Fsp3) is 0.308. The summed E-state index contributed by atoms with van der Waals surface area (Å²) in [6.07, 6.45) is 4.14. The standard InChI is InChI=1S/C12H16N3.CH3.Ir/c1-13(2)11-5-4-6-12(9-11)15-8-7-14(3)10-15;;/h4-5,7-9H,10H2,1-3H3;1H3;/q2*-1;. The molecule has 0 saturated heterocycles. The van der Waals surface area contributed by atoms with E-state index in [-0.39, 0.29) is 27.5 Å². The van der Waals surface area contributed by atoms with Crippen molar-refractivity contribution in [3.8, 4) is 0 Å². The molecule has 0 aliphatic carbocycles. The van der Waals surface area contributed by atoms with Gasteiger partial charge in [0.25, 0.3) is 0 Å². The van der Waals surface area contributed by atoms with Gasteiger partial charge in [0.05, 0.1) is 6.67 Å². The minimum absolute atomic E-state index is 0.